The fourth-order valence-electron chi connectivity index (χ4n) is 2.08. The minimum Gasteiger partial charge on any atom is -0.480 e. The number of hydrogen-bond donors (Lipinski definition) is 1. The van der Waals surface area contributed by atoms with E-state index in [1.54, 1.807) is 32.0 Å². The van der Waals surface area contributed by atoms with Gasteiger partial charge in [0.25, 0.3) is 0 Å². The van der Waals surface area contributed by atoms with Crippen LogP contribution in [-0.4, -0.2) is 34.6 Å². The molecule has 0 saturated carbocycles. The van der Waals surface area contributed by atoms with E-state index in [1.807, 2.05) is 0 Å². The van der Waals surface area contributed by atoms with E-state index in [4.69, 9.17) is 5.11 Å². The molecule has 0 radical (unpaired) electrons. The Hall–Kier alpha value is -1.82. The van der Waals surface area contributed by atoms with Crippen molar-refractivity contribution in [2.24, 2.45) is 0 Å². The highest BCUT2D eigenvalue weighted by Gasteiger charge is 2.32. The number of aliphatic carboxylic acids is 1. The maximum absolute atomic E-state index is 12.1. The molecule has 106 valence electrons. The number of amides is 1. The van der Waals surface area contributed by atoms with E-state index in [1.165, 1.54) is 16.7 Å². The van der Waals surface area contributed by atoms with Crippen molar-refractivity contribution in [2.75, 3.05) is 11.4 Å². The number of carbonyl (C=O) groups excluding carboxylic acids is 2. The Labute approximate surface area is 121 Å². The summed E-state index contributed by atoms with van der Waals surface area (Å²) in [5.41, 5.74) is 1.02. The molecule has 2 rings (SSSR count). The number of ketones is 1. The molecule has 1 unspecified atom stereocenters. The molecule has 20 heavy (non-hydrogen) atoms. The van der Waals surface area contributed by atoms with Gasteiger partial charge in [-0.3, -0.25) is 19.3 Å². The lowest BCUT2D eigenvalue weighted by Crippen LogP contribution is -2.42. The van der Waals surface area contributed by atoms with Gasteiger partial charge in [0.05, 0.1) is 10.9 Å². The topological polar surface area (TPSA) is 74.7 Å². The molecule has 5 nitrogen and oxygen atoms in total. The second kappa shape index (κ2) is 5.66. The average molecular weight is 293 g/mol. The van der Waals surface area contributed by atoms with Gasteiger partial charge < -0.3 is 5.11 Å². The lowest BCUT2D eigenvalue weighted by molar-refractivity contribution is -0.136. The van der Waals surface area contributed by atoms with Crippen LogP contribution in [0.15, 0.2) is 23.1 Å². The smallest absolute Gasteiger partial charge is 0.323 e. The van der Waals surface area contributed by atoms with Crippen molar-refractivity contribution in [2.45, 2.75) is 30.4 Å². The van der Waals surface area contributed by atoms with Gasteiger partial charge in [0, 0.05) is 16.9 Å². The van der Waals surface area contributed by atoms with Crippen molar-refractivity contribution in [3.63, 3.8) is 0 Å². The molecule has 1 heterocycles. The number of fused-ring (bicyclic) bond motifs is 1. The number of rotatable bonds is 4. The van der Waals surface area contributed by atoms with Crippen LogP contribution in [0.5, 0.6) is 0 Å². The predicted octanol–water partition coefficient (Wildman–Crippen LogP) is 2.19. The molecule has 1 N–H and O–H groups in total. The van der Waals surface area contributed by atoms with Crippen LogP contribution in [0.1, 0.15) is 30.6 Å². The third kappa shape index (κ3) is 2.70. The number of hydrogen-bond acceptors (Lipinski definition) is 4. The Balaban J connectivity index is 2.48. The van der Waals surface area contributed by atoms with E-state index in [9.17, 15) is 14.4 Å². The number of nitrogens with zero attached hydrogens (tertiary/aromatic N) is 1. The summed E-state index contributed by atoms with van der Waals surface area (Å²) >= 11 is 1.38. The summed E-state index contributed by atoms with van der Waals surface area (Å²) in [7, 11) is 0. The van der Waals surface area contributed by atoms with Crippen molar-refractivity contribution in [1.29, 1.82) is 0 Å². The standard InChI is InChI=1S/C14H15NO4S/c1-3-11(16)9-4-5-12-10(6-9)15(7-13(17)18)14(19)8(2)20-12/h4-6,8H,3,7H2,1-2H3,(H,17,18). The third-order valence-electron chi connectivity index (χ3n) is 3.10. The van der Waals surface area contributed by atoms with Gasteiger partial charge in [-0.1, -0.05) is 13.0 Å². The molecular weight excluding hydrogens is 278 g/mol. The zero-order valence-corrected chi connectivity index (χ0v) is 12.1. The number of Topliss-reactive ketones (excluding diaryl/α,β-unsaturated/α-hetero) is 1. The van der Waals surface area contributed by atoms with Gasteiger partial charge in [0.15, 0.2) is 5.78 Å². The first-order valence-corrected chi connectivity index (χ1v) is 7.19. The highest BCUT2D eigenvalue weighted by Crippen LogP contribution is 2.39. The average Bonchev–Trinajstić information content (AvgIpc) is 2.42. The lowest BCUT2D eigenvalue weighted by atomic mass is 10.1. The Kier molecular flexibility index (Phi) is 4.13. The molecule has 1 aromatic rings. The number of carbonyl (C=O) groups is 3. The zero-order chi connectivity index (χ0) is 14.9. The summed E-state index contributed by atoms with van der Waals surface area (Å²) < 4.78 is 0. The molecule has 0 aromatic heterocycles. The minimum atomic E-state index is -1.07. The van der Waals surface area contributed by atoms with E-state index in [0.717, 1.165) is 4.90 Å². The molecule has 0 fully saturated rings. The summed E-state index contributed by atoms with van der Waals surface area (Å²) in [5.74, 6) is -1.35. The quantitative estimate of drug-likeness (QED) is 0.861. The Bertz CT molecular complexity index is 585. The van der Waals surface area contributed by atoms with Crippen LogP contribution in [-0.2, 0) is 9.59 Å². The first-order valence-electron chi connectivity index (χ1n) is 6.31. The lowest BCUT2D eigenvalue weighted by Gasteiger charge is -2.31. The molecular formula is C14H15NO4S. The molecule has 0 aliphatic carbocycles. The number of thioether (sulfide) groups is 1. The first-order chi connectivity index (χ1) is 9.43. The third-order valence-corrected chi connectivity index (χ3v) is 4.26. The predicted molar refractivity (Wildman–Crippen MR) is 76.4 cm³/mol. The minimum absolute atomic E-state index is 0.0286. The van der Waals surface area contributed by atoms with Gasteiger partial charge in [-0.15, -0.1) is 11.8 Å². The van der Waals surface area contributed by atoms with E-state index in [0.29, 0.717) is 17.7 Å². The van der Waals surface area contributed by atoms with Gasteiger partial charge in [0.2, 0.25) is 5.91 Å². The molecule has 1 aliphatic heterocycles. The van der Waals surface area contributed by atoms with Crippen LogP contribution in [0.2, 0.25) is 0 Å². The second-order valence-corrected chi connectivity index (χ2v) is 5.92. The van der Waals surface area contributed by atoms with Crippen molar-refractivity contribution in [3.8, 4) is 0 Å². The fourth-order valence-corrected chi connectivity index (χ4v) is 3.13. The van der Waals surface area contributed by atoms with Crippen molar-refractivity contribution in [3.05, 3.63) is 23.8 Å². The summed E-state index contributed by atoms with van der Waals surface area (Å²) in [4.78, 5) is 36.9. The van der Waals surface area contributed by atoms with Gasteiger partial charge in [-0.2, -0.15) is 0 Å². The molecule has 0 saturated heterocycles. The van der Waals surface area contributed by atoms with E-state index in [-0.39, 0.29) is 23.5 Å². The van der Waals surface area contributed by atoms with Gasteiger partial charge in [0.1, 0.15) is 6.54 Å². The molecule has 6 heteroatoms. The summed E-state index contributed by atoms with van der Waals surface area (Å²) in [5, 5.41) is 8.63. The number of carboxylic acids is 1. The van der Waals surface area contributed by atoms with Crippen LogP contribution in [0, 0.1) is 0 Å². The SMILES string of the molecule is CCC(=O)c1ccc2c(c1)N(CC(=O)O)C(=O)C(C)S2. The van der Waals surface area contributed by atoms with Crippen LogP contribution in [0.4, 0.5) is 5.69 Å². The van der Waals surface area contributed by atoms with Crippen LogP contribution < -0.4 is 4.90 Å². The van der Waals surface area contributed by atoms with Crippen molar-refractivity contribution in [1.82, 2.24) is 0 Å². The maximum Gasteiger partial charge on any atom is 0.323 e. The molecule has 1 aromatic carbocycles. The Morgan fingerprint density at radius 2 is 2.10 bits per heavy atom. The second-order valence-electron chi connectivity index (χ2n) is 4.54. The van der Waals surface area contributed by atoms with E-state index < -0.39 is 5.97 Å². The summed E-state index contributed by atoms with van der Waals surface area (Å²) in [6.07, 6.45) is 0.370. The monoisotopic (exact) mass is 293 g/mol. The number of anilines is 1. The molecule has 1 amide bonds. The normalized spacial score (nSPS) is 17.8. The Morgan fingerprint density at radius 3 is 2.70 bits per heavy atom. The van der Waals surface area contributed by atoms with Gasteiger partial charge in [-0.25, -0.2) is 0 Å². The Morgan fingerprint density at radius 1 is 1.40 bits per heavy atom. The van der Waals surface area contributed by atoms with Crippen molar-refractivity contribution < 1.29 is 19.5 Å². The number of benzene rings is 1. The van der Waals surface area contributed by atoms with Gasteiger partial charge >= 0.3 is 5.97 Å². The number of carboxylic acid groups (broad SMARTS) is 1. The molecule has 0 spiro atoms. The van der Waals surface area contributed by atoms with Crippen LogP contribution in [0.3, 0.4) is 0 Å². The maximum atomic E-state index is 12.1. The fraction of sp³-hybridized carbons (Fsp3) is 0.357. The molecule has 1 aliphatic rings. The largest absolute Gasteiger partial charge is 0.480 e. The molecule has 0 bridgehead atoms. The van der Waals surface area contributed by atoms with Crippen LogP contribution in [0.25, 0.3) is 0 Å². The van der Waals surface area contributed by atoms with E-state index in [2.05, 4.69) is 0 Å². The summed E-state index contributed by atoms with van der Waals surface area (Å²) in [6, 6.07) is 5.11. The highest BCUT2D eigenvalue weighted by molar-refractivity contribution is 8.01. The molecule has 1 atom stereocenters. The van der Waals surface area contributed by atoms with Crippen molar-refractivity contribution >= 4 is 35.1 Å². The van der Waals surface area contributed by atoms with Gasteiger partial charge in [-0.05, 0) is 19.1 Å². The highest BCUT2D eigenvalue weighted by atomic mass is 32.2. The van der Waals surface area contributed by atoms with E-state index >= 15 is 0 Å². The zero-order valence-electron chi connectivity index (χ0n) is 11.3. The summed E-state index contributed by atoms with van der Waals surface area (Å²) in [6.45, 7) is 3.12. The van der Waals surface area contributed by atoms with Crippen LogP contribution >= 0.6 is 11.8 Å². The first kappa shape index (κ1) is 14.6.